The fraction of sp³-hybridized carbons (Fsp3) is 0. The molecule has 0 aliphatic rings. The van der Waals surface area contributed by atoms with Crippen LogP contribution in [0.4, 0.5) is 0 Å². The van der Waals surface area contributed by atoms with E-state index >= 15 is 0 Å². The lowest BCUT2D eigenvalue weighted by molar-refractivity contribution is 0.953. The van der Waals surface area contributed by atoms with Crippen molar-refractivity contribution >= 4 is 43.6 Å². The van der Waals surface area contributed by atoms with Gasteiger partial charge in [0.2, 0.25) is 5.95 Å². The Kier molecular flexibility index (Phi) is 9.43. The summed E-state index contributed by atoms with van der Waals surface area (Å²) >= 11 is 0. The van der Waals surface area contributed by atoms with E-state index in [0.29, 0.717) is 17.6 Å². The second-order valence-corrected chi connectivity index (χ2v) is 17.2. The van der Waals surface area contributed by atoms with Crippen LogP contribution in [-0.4, -0.2) is 24.1 Å². The summed E-state index contributed by atoms with van der Waals surface area (Å²) in [6.45, 7) is 0. The van der Waals surface area contributed by atoms with E-state index in [2.05, 4.69) is 240 Å². The molecule has 5 heteroatoms. The van der Waals surface area contributed by atoms with Gasteiger partial charge in [0.25, 0.3) is 0 Å². The van der Waals surface area contributed by atoms with E-state index in [-0.39, 0.29) is 0 Å². The Bertz CT molecular complexity index is 3980. The average molecular weight is 868 g/mol. The van der Waals surface area contributed by atoms with Gasteiger partial charge in [0.1, 0.15) is 0 Å². The maximum atomic E-state index is 5.40. The number of hydrogen-bond acceptors (Lipinski definition) is 3. The molecular weight excluding hydrogens is 827 g/mol. The molecule has 0 saturated heterocycles. The van der Waals surface area contributed by atoms with Crippen LogP contribution in [0.2, 0.25) is 0 Å². The predicted octanol–water partition coefficient (Wildman–Crippen LogP) is 16.1. The Morgan fingerprint density at radius 1 is 0.235 bits per heavy atom. The second-order valence-electron chi connectivity index (χ2n) is 17.2. The van der Waals surface area contributed by atoms with E-state index in [1.165, 1.54) is 38.8 Å². The summed E-state index contributed by atoms with van der Waals surface area (Å²) in [6, 6.07) is 88.2. The molecule has 10 aromatic carbocycles. The number of benzene rings is 10. The average Bonchev–Trinajstić information content (AvgIpc) is 3.95. The molecule has 0 N–H and O–H groups in total. The van der Waals surface area contributed by atoms with E-state index in [1.54, 1.807) is 0 Å². The van der Waals surface area contributed by atoms with Crippen molar-refractivity contribution in [2.45, 2.75) is 0 Å². The van der Waals surface area contributed by atoms with Gasteiger partial charge in [-0.25, -0.2) is 4.98 Å². The minimum absolute atomic E-state index is 0.554. The molecule has 5 nitrogen and oxygen atoms in total. The molecule has 0 amide bonds. The molecule has 0 atom stereocenters. The maximum absolute atomic E-state index is 5.40. The van der Waals surface area contributed by atoms with E-state index in [4.69, 9.17) is 15.0 Å². The Hall–Kier alpha value is -9.19. The normalized spacial score (nSPS) is 11.5. The molecule has 318 valence electrons. The summed E-state index contributed by atoms with van der Waals surface area (Å²) in [6.07, 6.45) is 0. The molecule has 3 aromatic heterocycles. The van der Waals surface area contributed by atoms with Crippen LogP contribution in [0.3, 0.4) is 0 Å². The van der Waals surface area contributed by atoms with Crippen LogP contribution < -0.4 is 0 Å². The molecule has 0 aliphatic carbocycles. The third kappa shape index (κ3) is 6.76. The van der Waals surface area contributed by atoms with Gasteiger partial charge in [-0.1, -0.05) is 212 Å². The zero-order valence-corrected chi connectivity index (χ0v) is 36.9. The van der Waals surface area contributed by atoms with Gasteiger partial charge in [-0.2, -0.15) is 9.97 Å². The highest BCUT2D eigenvalue weighted by Gasteiger charge is 2.23. The summed E-state index contributed by atoms with van der Waals surface area (Å²) in [5, 5.41) is 4.59. The van der Waals surface area contributed by atoms with E-state index in [1.807, 2.05) is 18.2 Å². The van der Waals surface area contributed by atoms with Gasteiger partial charge >= 0.3 is 0 Å². The van der Waals surface area contributed by atoms with Gasteiger partial charge in [0.15, 0.2) is 11.6 Å². The van der Waals surface area contributed by atoms with Crippen LogP contribution in [0.5, 0.6) is 0 Å². The molecule has 0 saturated carbocycles. The molecule has 68 heavy (non-hydrogen) atoms. The van der Waals surface area contributed by atoms with Crippen molar-refractivity contribution in [2.75, 3.05) is 0 Å². The number of rotatable bonds is 8. The first kappa shape index (κ1) is 39.2. The number of fused-ring (bicyclic) bond motifs is 7. The Morgan fingerprint density at radius 3 is 1.13 bits per heavy atom. The summed E-state index contributed by atoms with van der Waals surface area (Å²) in [7, 11) is 0. The van der Waals surface area contributed by atoms with Crippen LogP contribution in [0.1, 0.15) is 0 Å². The molecule has 0 radical (unpaired) electrons. The van der Waals surface area contributed by atoms with Crippen molar-refractivity contribution in [3.05, 3.63) is 249 Å². The summed E-state index contributed by atoms with van der Waals surface area (Å²) in [4.78, 5) is 15.9. The first-order chi connectivity index (χ1) is 33.7. The van der Waals surface area contributed by atoms with Gasteiger partial charge in [0.05, 0.1) is 22.1 Å². The zero-order valence-electron chi connectivity index (χ0n) is 36.9. The molecule has 0 aliphatic heterocycles. The topological polar surface area (TPSA) is 48.5 Å². The maximum Gasteiger partial charge on any atom is 0.238 e. The summed E-state index contributed by atoms with van der Waals surface area (Å²) < 4.78 is 4.66. The molecule has 0 bridgehead atoms. The highest BCUT2D eigenvalue weighted by atomic mass is 15.2. The number of hydrogen-bond donors (Lipinski definition) is 0. The van der Waals surface area contributed by atoms with Crippen LogP contribution >= 0.6 is 0 Å². The van der Waals surface area contributed by atoms with E-state index < -0.39 is 0 Å². The van der Waals surface area contributed by atoms with Gasteiger partial charge in [-0.15, -0.1) is 0 Å². The standard InChI is InChI=1S/C63H41N5/c1-4-16-42(17-5-1)44-34-36-52(37-35-44)67-57-28-12-10-26-53(57)55-38-39-56-54-27-11-13-29-58(54)68(60(56)59(55)67)63-65-61(46-20-8-3-9-21-46)64-62(66-63)47-32-30-45(31-33-47)49-23-15-25-51(41-49)50-24-14-22-48(40-50)43-18-6-2-7-19-43/h1-41H. The molecule has 13 rings (SSSR count). The third-order valence-electron chi connectivity index (χ3n) is 13.2. The van der Waals surface area contributed by atoms with Gasteiger partial charge in [-0.3, -0.25) is 4.57 Å². The van der Waals surface area contributed by atoms with Gasteiger partial charge < -0.3 is 4.57 Å². The molecule has 0 fully saturated rings. The monoisotopic (exact) mass is 867 g/mol. The van der Waals surface area contributed by atoms with E-state index in [0.717, 1.165) is 66.2 Å². The second kappa shape index (κ2) is 16.4. The fourth-order valence-electron chi connectivity index (χ4n) is 9.92. The van der Waals surface area contributed by atoms with Crippen molar-refractivity contribution in [2.24, 2.45) is 0 Å². The van der Waals surface area contributed by atoms with Crippen molar-refractivity contribution in [1.29, 1.82) is 0 Å². The predicted molar refractivity (Wildman–Crippen MR) is 281 cm³/mol. The van der Waals surface area contributed by atoms with Gasteiger partial charge in [0, 0.05) is 38.4 Å². The summed E-state index contributed by atoms with van der Waals surface area (Å²) in [5.41, 5.74) is 16.5. The largest absolute Gasteiger partial charge is 0.307 e. The lowest BCUT2D eigenvalue weighted by Gasteiger charge is -2.14. The third-order valence-corrected chi connectivity index (χ3v) is 13.2. The van der Waals surface area contributed by atoms with Crippen LogP contribution in [0, 0.1) is 0 Å². The number of nitrogens with zero attached hydrogens (tertiary/aromatic N) is 5. The van der Waals surface area contributed by atoms with Crippen molar-refractivity contribution in [1.82, 2.24) is 24.1 Å². The molecule has 0 unspecified atom stereocenters. The van der Waals surface area contributed by atoms with Crippen LogP contribution in [0.15, 0.2) is 249 Å². The van der Waals surface area contributed by atoms with Crippen LogP contribution in [0.25, 0.3) is 123 Å². The lowest BCUT2D eigenvalue weighted by atomic mass is 9.96. The molecular formula is C63H41N5. The first-order valence-electron chi connectivity index (χ1n) is 23.0. The number of para-hydroxylation sites is 2. The minimum atomic E-state index is 0.554. The quantitative estimate of drug-likeness (QED) is 0.153. The highest BCUT2D eigenvalue weighted by Crippen LogP contribution is 2.42. The van der Waals surface area contributed by atoms with Crippen molar-refractivity contribution in [3.63, 3.8) is 0 Å². The first-order valence-corrected chi connectivity index (χ1v) is 23.0. The highest BCUT2D eigenvalue weighted by molar-refractivity contribution is 6.23. The van der Waals surface area contributed by atoms with Crippen LogP contribution in [-0.2, 0) is 0 Å². The summed E-state index contributed by atoms with van der Waals surface area (Å²) in [5.74, 6) is 1.76. The Labute approximate surface area is 393 Å². The minimum Gasteiger partial charge on any atom is -0.307 e. The van der Waals surface area contributed by atoms with Crippen molar-refractivity contribution < 1.29 is 0 Å². The lowest BCUT2D eigenvalue weighted by Crippen LogP contribution is -2.07. The van der Waals surface area contributed by atoms with Crippen molar-refractivity contribution in [3.8, 4) is 78.9 Å². The smallest absolute Gasteiger partial charge is 0.238 e. The van der Waals surface area contributed by atoms with Gasteiger partial charge in [-0.05, 0) is 80.9 Å². The number of aromatic nitrogens is 5. The molecule has 3 heterocycles. The Morgan fingerprint density at radius 2 is 0.588 bits per heavy atom. The van der Waals surface area contributed by atoms with E-state index in [9.17, 15) is 0 Å². The Balaban J connectivity index is 0.975. The SMILES string of the molecule is c1ccc(-c2ccc(-n3c4ccccc4c4ccc5c6ccccc6n(-c6nc(-c7ccccc7)nc(-c7ccc(-c8cccc(-c9cccc(-c%10ccccc%10)c9)c8)cc7)n6)c5c43)cc2)cc1. The molecule has 0 spiro atoms. The fourth-order valence-corrected chi connectivity index (χ4v) is 9.92. The zero-order chi connectivity index (χ0) is 45.0. The molecule has 13 aromatic rings.